The van der Waals surface area contributed by atoms with Crippen molar-refractivity contribution in [3.63, 3.8) is 0 Å². The lowest BCUT2D eigenvalue weighted by molar-refractivity contribution is 0.225. The van der Waals surface area contributed by atoms with E-state index in [0.717, 1.165) is 60.3 Å². The second kappa shape index (κ2) is 8.80. The molecule has 1 aromatic heterocycles. The third-order valence-electron chi connectivity index (χ3n) is 5.15. The highest BCUT2D eigenvalue weighted by Crippen LogP contribution is 2.20. The summed E-state index contributed by atoms with van der Waals surface area (Å²) < 4.78 is 7.02. The van der Waals surface area contributed by atoms with E-state index in [1.54, 1.807) is 6.07 Å². The molecule has 1 N–H and O–H groups in total. The number of H-pyrrole nitrogens is 1. The zero-order valence-corrected chi connectivity index (χ0v) is 17.3. The zero-order chi connectivity index (χ0) is 19.3. The summed E-state index contributed by atoms with van der Waals surface area (Å²) in [5, 5.41) is 0.987. The third kappa shape index (κ3) is 4.75. The number of rotatable bonds is 6. The van der Waals surface area contributed by atoms with Gasteiger partial charge in [-0.2, -0.15) is 0 Å². The van der Waals surface area contributed by atoms with Crippen molar-refractivity contribution in [2.45, 2.75) is 6.42 Å². The number of nitrogens with zero attached hydrogens (tertiary/aromatic N) is 2. The molecule has 146 valence electrons. The molecule has 0 saturated carbocycles. The lowest BCUT2D eigenvalue weighted by atomic mass is 10.2. The SMILES string of the molecule is O=c1ccc2cc(OCCCN3CCN(c4ccc(Br)cc4)CC3)ccc2[nH]1. The van der Waals surface area contributed by atoms with E-state index in [2.05, 4.69) is 55.0 Å². The third-order valence-corrected chi connectivity index (χ3v) is 5.68. The van der Waals surface area contributed by atoms with Crippen LogP contribution in [-0.2, 0) is 0 Å². The van der Waals surface area contributed by atoms with Gasteiger partial charge >= 0.3 is 0 Å². The van der Waals surface area contributed by atoms with Crippen LogP contribution in [0.3, 0.4) is 0 Å². The van der Waals surface area contributed by atoms with Crippen LogP contribution in [0.4, 0.5) is 5.69 Å². The maximum absolute atomic E-state index is 11.3. The molecule has 2 heterocycles. The van der Waals surface area contributed by atoms with E-state index in [4.69, 9.17) is 4.74 Å². The van der Waals surface area contributed by atoms with Gasteiger partial charge in [-0.15, -0.1) is 0 Å². The molecule has 0 spiro atoms. The van der Waals surface area contributed by atoms with Crippen molar-refractivity contribution in [3.05, 3.63) is 69.4 Å². The number of nitrogens with one attached hydrogen (secondary N) is 1. The van der Waals surface area contributed by atoms with E-state index < -0.39 is 0 Å². The van der Waals surface area contributed by atoms with Crippen molar-refractivity contribution < 1.29 is 4.74 Å². The van der Waals surface area contributed by atoms with Crippen molar-refractivity contribution in [1.29, 1.82) is 0 Å². The minimum absolute atomic E-state index is 0.0820. The van der Waals surface area contributed by atoms with Gasteiger partial charge < -0.3 is 14.6 Å². The molecule has 0 atom stereocenters. The quantitative estimate of drug-likeness (QED) is 0.589. The van der Waals surface area contributed by atoms with Crippen LogP contribution in [0.5, 0.6) is 5.75 Å². The summed E-state index contributed by atoms with van der Waals surface area (Å²) in [6.07, 6.45) is 1.00. The number of aromatic nitrogens is 1. The minimum atomic E-state index is -0.0820. The largest absolute Gasteiger partial charge is 0.494 e. The summed E-state index contributed by atoms with van der Waals surface area (Å²) in [5.74, 6) is 0.847. The molecular formula is C22H24BrN3O2. The molecule has 6 heteroatoms. The standard InChI is InChI=1S/C22H24BrN3O2/c23-18-3-5-19(6-4-18)26-13-11-25(12-14-26)10-1-15-28-20-7-8-21-17(16-20)2-9-22(27)24-21/h2-9,16H,1,10-15H2,(H,24,27). The van der Waals surface area contributed by atoms with Gasteiger partial charge in [0.25, 0.3) is 0 Å². The summed E-state index contributed by atoms with van der Waals surface area (Å²) in [4.78, 5) is 19.1. The first-order valence-electron chi connectivity index (χ1n) is 9.66. The summed E-state index contributed by atoms with van der Waals surface area (Å²) in [6, 6.07) is 17.7. The highest BCUT2D eigenvalue weighted by molar-refractivity contribution is 9.10. The number of piperazine rings is 1. The average Bonchev–Trinajstić information content (AvgIpc) is 2.72. The summed E-state index contributed by atoms with van der Waals surface area (Å²) >= 11 is 3.49. The van der Waals surface area contributed by atoms with E-state index in [-0.39, 0.29) is 5.56 Å². The number of benzene rings is 2. The van der Waals surface area contributed by atoms with Crippen molar-refractivity contribution in [3.8, 4) is 5.75 Å². The number of aromatic amines is 1. The van der Waals surface area contributed by atoms with Crippen molar-refractivity contribution in [2.24, 2.45) is 0 Å². The Labute approximate surface area is 173 Å². The van der Waals surface area contributed by atoms with Gasteiger partial charge in [0, 0.05) is 59.9 Å². The molecule has 0 amide bonds. The van der Waals surface area contributed by atoms with Crippen molar-refractivity contribution in [1.82, 2.24) is 9.88 Å². The van der Waals surface area contributed by atoms with Crippen LogP contribution in [0.15, 0.2) is 63.9 Å². The molecule has 1 saturated heterocycles. The van der Waals surface area contributed by atoms with Gasteiger partial charge in [0.15, 0.2) is 0 Å². The van der Waals surface area contributed by atoms with Crippen LogP contribution < -0.4 is 15.2 Å². The molecule has 4 rings (SSSR count). The van der Waals surface area contributed by atoms with E-state index in [9.17, 15) is 4.79 Å². The zero-order valence-electron chi connectivity index (χ0n) is 15.7. The fourth-order valence-corrected chi connectivity index (χ4v) is 3.85. The number of hydrogen-bond acceptors (Lipinski definition) is 4. The maximum Gasteiger partial charge on any atom is 0.248 e. The Bertz CT molecular complexity index is 979. The second-order valence-electron chi connectivity index (χ2n) is 7.08. The van der Waals surface area contributed by atoms with Crippen LogP contribution >= 0.6 is 15.9 Å². The topological polar surface area (TPSA) is 48.6 Å². The number of fused-ring (bicyclic) bond motifs is 1. The van der Waals surface area contributed by atoms with Crippen molar-refractivity contribution in [2.75, 3.05) is 44.2 Å². The fourth-order valence-electron chi connectivity index (χ4n) is 3.58. The maximum atomic E-state index is 11.3. The number of pyridine rings is 1. The molecule has 1 fully saturated rings. The number of halogens is 1. The van der Waals surface area contributed by atoms with Gasteiger partial charge in [-0.05, 0) is 55.0 Å². The predicted molar refractivity (Wildman–Crippen MR) is 117 cm³/mol. The van der Waals surface area contributed by atoms with E-state index in [0.29, 0.717) is 6.61 Å². The van der Waals surface area contributed by atoms with E-state index in [1.165, 1.54) is 5.69 Å². The molecule has 1 aliphatic rings. The first kappa shape index (κ1) is 19.0. The summed E-state index contributed by atoms with van der Waals surface area (Å²) in [5.41, 5.74) is 2.05. The molecule has 3 aromatic rings. The number of ether oxygens (including phenoxy) is 1. The van der Waals surface area contributed by atoms with Gasteiger partial charge in [-0.3, -0.25) is 9.69 Å². The molecule has 2 aromatic carbocycles. The summed E-state index contributed by atoms with van der Waals surface area (Å²) in [6.45, 7) is 6.03. The first-order chi connectivity index (χ1) is 13.7. The van der Waals surface area contributed by atoms with Gasteiger partial charge in [0.2, 0.25) is 5.56 Å². The molecule has 0 unspecified atom stereocenters. The highest BCUT2D eigenvalue weighted by atomic mass is 79.9. The predicted octanol–water partition coefficient (Wildman–Crippen LogP) is 3.88. The van der Waals surface area contributed by atoms with E-state index in [1.807, 2.05) is 24.3 Å². The van der Waals surface area contributed by atoms with Gasteiger partial charge in [-0.25, -0.2) is 0 Å². The lowest BCUT2D eigenvalue weighted by Crippen LogP contribution is -2.46. The average molecular weight is 442 g/mol. The molecular weight excluding hydrogens is 418 g/mol. The Morgan fingerprint density at radius 3 is 2.54 bits per heavy atom. The van der Waals surface area contributed by atoms with Crippen LogP contribution in [0, 0.1) is 0 Å². The van der Waals surface area contributed by atoms with Gasteiger partial charge in [-0.1, -0.05) is 15.9 Å². The highest BCUT2D eigenvalue weighted by Gasteiger charge is 2.16. The van der Waals surface area contributed by atoms with Crippen LogP contribution in [0.1, 0.15) is 6.42 Å². The molecule has 0 bridgehead atoms. The number of anilines is 1. The molecule has 0 aliphatic carbocycles. The fraction of sp³-hybridized carbons (Fsp3) is 0.318. The molecule has 5 nitrogen and oxygen atoms in total. The van der Waals surface area contributed by atoms with Gasteiger partial charge in [0.05, 0.1) is 6.61 Å². The van der Waals surface area contributed by atoms with Crippen LogP contribution in [0.25, 0.3) is 10.9 Å². The summed E-state index contributed by atoms with van der Waals surface area (Å²) in [7, 11) is 0. The Morgan fingerprint density at radius 2 is 1.75 bits per heavy atom. The lowest BCUT2D eigenvalue weighted by Gasteiger charge is -2.36. The molecule has 28 heavy (non-hydrogen) atoms. The first-order valence-corrected chi connectivity index (χ1v) is 10.5. The van der Waals surface area contributed by atoms with Crippen LogP contribution in [-0.4, -0.2) is 49.2 Å². The molecule has 1 aliphatic heterocycles. The molecule has 0 radical (unpaired) electrons. The Kier molecular flexibility index (Phi) is 5.98. The Balaban J connectivity index is 1.20. The Hall–Kier alpha value is -2.31. The van der Waals surface area contributed by atoms with E-state index >= 15 is 0 Å². The monoisotopic (exact) mass is 441 g/mol. The van der Waals surface area contributed by atoms with Crippen LogP contribution in [0.2, 0.25) is 0 Å². The Morgan fingerprint density at radius 1 is 0.964 bits per heavy atom. The minimum Gasteiger partial charge on any atom is -0.494 e. The second-order valence-corrected chi connectivity index (χ2v) is 7.99. The smallest absolute Gasteiger partial charge is 0.248 e. The normalized spacial score (nSPS) is 15.1. The number of hydrogen-bond donors (Lipinski definition) is 1. The van der Waals surface area contributed by atoms with Gasteiger partial charge in [0.1, 0.15) is 5.75 Å². The van der Waals surface area contributed by atoms with Crippen molar-refractivity contribution >= 4 is 32.5 Å².